The number of ether oxygens (including phenoxy) is 3. The number of hydrogen-bond acceptors (Lipinski definition) is 8. The highest BCUT2D eigenvalue weighted by molar-refractivity contribution is 5.96. The monoisotopic (exact) mass is 347 g/mol. The van der Waals surface area contributed by atoms with Crippen molar-refractivity contribution >= 4 is 17.8 Å². The lowest BCUT2D eigenvalue weighted by Gasteiger charge is -2.13. The summed E-state index contributed by atoms with van der Waals surface area (Å²) in [6.45, 7) is 3.46. The van der Waals surface area contributed by atoms with E-state index in [2.05, 4.69) is 10.5 Å². The highest BCUT2D eigenvalue weighted by atomic mass is 16.7. The van der Waals surface area contributed by atoms with Crippen molar-refractivity contribution in [2.75, 3.05) is 12.5 Å². The van der Waals surface area contributed by atoms with Gasteiger partial charge in [-0.15, -0.1) is 0 Å². The summed E-state index contributed by atoms with van der Waals surface area (Å²) in [4.78, 5) is 24.2. The van der Waals surface area contributed by atoms with Gasteiger partial charge in [-0.05, 0) is 31.5 Å². The summed E-state index contributed by atoms with van der Waals surface area (Å²) >= 11 is 0. The number of amides is 1. The third-order valence-corrected chi connectivity index (χ3v) is 3.65. The third-order valence-electron chi connectivity index (χ3n) is 3.65. The Bertz CT molecular complexity index is 797. The van der Waals surface area contributed by atoms with Crippen LogP contribution in [0.1, 0.15) is 28.5 Å². The summed E-state index contributed by atoms with van der Waals surface area (Å²) in [5, 5.41) is 6.26. The second-order valence-corrected chi connectivity index (χ2v) is 5.46. The molecule has 1 amide bonds. The maximum atomic E-state index is 12.1. The molecule has 0 spiro atoms. The Kier molecular flexibility index (Phi) is 4.46. The first-order valence-electron chi connectivity index (χ1n) is 7.54. The first-order chi connectivity index (χ1) is 12.0. The normalized spacial score (nSPS) is 13.4. The Hall–Kier alpha value is -3.23. The van der Waals surface area contributed by atoms with E-state index in [0.29, 0.717) is 17.2 Å². The van der Waals surface area contributed by atoms with Crippen molar-refractivity contribution in [2.45, 2.75) is 26.5 Å². The Labute approximate surface area is 143 Å². The molecule has 2 heterocycles. The molecule has 1 aromatic heterocycles. The van der Waals surface area contributed by atoms with Crippen LogP contribution in [0.5, 0.6) is 11.5 Å². The van der Waals surface area contributed by atoms with Crippen LogP contribution < -0.4 is 20.5 Å². The molecule has 9 heteroatoms. The van der Waals surface area contributed by atoms with Crippen LogP contribution in [0.15, 0.2) is 22.7 Å². The maximum absolute atomic E-state index is 12.1. The number of nitrogen functional groups attached to an aromatic ring is 1. The average molecular weight is 347 g/mol. The number of esters is 1. The molecule has 1 unspecified atom stereocenters. The number of fused-ring (bicyclic) bond motifs is 1. The number of carbonyl (C=O) groups excluding carboxylic acids is 2. The van der Waals surface area contributed by atoms with E-state index < -0.39 is 18.0 Å². The van der Waals surface area contributed by atoms with Crippen molar-refractivity contribution in [3.63, 3.8) is 0 Å². The molecule has 1 aliphatic heterocycles. The lowest BCUT2D eigenvalue weighted by atomic mass is 10.2. The number of nitrogens with two attached hydrogens (primary N) is 1. The summed E-state index contributed by atoms with van der Waals surface area (Å²) in [5.74, 6) is -0.0557. The molecule has 132 valence electrons. The van der Waals surface area contributed by atoms with Crippen LogP contribution in [0.3, 0.4) is 0 Å². The first-order valence-corrected chi connectivity index (χ1v) is 7.54. The zero-order chi connectivity index (χ0) is 18.0. The first kappa shape index (κ1) is 16.6. The van der Waals surface area contributed by atoms with Crippen LogP contribution in [0.4, 0.5) is 5.88 Å². The van der Waals surface area contributed by atoms with E-state index in [1.165, 1.54) is 6.92 Å². The summed E-state index contributed by atoms with van der Waals surface area (Å²) in [6.07, 6.45) is -1.00. The molecule has 3 rings (SSSR count). The molecule has 1 aromatic carbocycles. The van der Waals surface area contributed by atoms with E-state index in [-0.39, 0.29) is 24.8 Å². The second-order valence-electron chi connectivity index (χ2n) is 5.46. The van der Waals surface area contributed by atoms with Crippen molar-refractivity contribution < 1.29 is 28.3 Å². The van der Waals surface area contributed by atoms with Crippen LogP contribution in [-0.2, 0) is 16.1 Å². The number of benzene rings is 1. The van der Waals surface area contributed by atoms with E-state index in [9.17, 15) is 9.59 Å². The van der Waals surface area contributed by atoms with Gasteiger partial charge in [0.15, 0.2) is 17.6 Å². The Balaban J connectivity index is 1.55. The fourth-order valence-electron chi connectivity index (χ4n) is 2.29. The minimum absolute atomic E-state index is 0.0235. The van der Waals surface area contributed by atoms with Gasteiger partial charge in [0, 0.05) is 6.54 Å². The van der Waals surface area contributed by atoms with Crippen LogP contribution in [0, 0.1) is 6.92 Å². The van der Waals surface area contributed by atoms with E-state index in [0.717, 1.165) is 5.56 Å². The molecule has 0 radical (unpaired) electrons. The van der Waals surface area contributed by atoms with E-state index >= 15 is 0 Å². The number of hydrogen-bond donors (Lipinski definition) is 2. The fourth-order valence-corrected chi connectivity index (χ4v) is 2.29. The summed E-state index contributed by atoms with van der Waals surface area (Å²) in [7, 11) is 0. The molecule has 0 fully saturated rings. The number of carbonyl (C=O) groups is 2. The van der Waals surface area contributed by atoms with Gasteiger partial charge in [-0.25, -0.2) is 4.79 Å². The van der Waals surface area contributed by atoms with Gasteiger partial charge in [-0.2, -0.15) is 0 Å². The highest BCUT2D eigenvalue weighted by Gasteiger charge is 2.24. The molecule has 0 saturated carbocycles. The lowest BCUT2D eigenvalue weighted by Crippen LogP contribution is -2.35. The van der Waals surface area contributed by atoms with Crippen LogP contribution in [-0.4, -0.2) is 29.9 Å². The van der Waals surface area contributed by atoms with Gasteiger partial charge in [-0.1, -0.05) is 11.2 Å². The zero-order valence-electron chi connectivity index (χ0n) is 13.7. The molecule has 0 aliphatic carbocycles. The molecular formula is C16H17N3O6. The van der Waals surface area contributed by atoms with Crippen LogP contribution in [0.25, 0.3) is 0 Å². The molecule has 3 N–H and O–H groups in total. The van der Waals surface area contributed by atoms with E-state index in [1.807, 2.05) is 6.07 Å². The minimum Gasteiger partial charge on any atom is -0.454 e. The molecule has 1 atom stereocenters. The van der Waals surface area contributed by atoms with Gasteiger partial charge in [0.25, 0.3) is 5.91 Å². The summed E-state index contributed by atoms with van der Waals surface area (Å²) in [5.41, 5.74) is 6.67. The number of rotatable bonds is 5. The topological polar surface area (TPSA) is 126 Å². The summed E-state index contributed by atoms with van der Waals surface area (Å²) < 4.78 is 20.3. The van der Waals surface area contributed by atoms with Gasteiger partial charge in [-0.3, -0.25) is 4.79 Å². The minimum atomic E-state index is -1.00. The molecule has 1 aliphatic rings. The van der Waals surface area contributed by atoms with Crippen molar-refractivity contribution in [3.8, 4) is 11.5 Å². The van der Waals surface area contributed by atoms with Crippen molar-refractivity contribution in [1.29, 1.82) is 0 Å². The molecule has 2 aromatic rings. The van der Waals surface area contributed by atoms with Gasteiger partial charge in [0.1, 0.15) is 5.56 Å². The smallest absolute Gasteiger partial charge is 0.346 e. The average Bonchev–Trinajstić information content (AvgIpc) is 3.18. The molecule has 25 heavy (non-hydrogen) atoms. The van der Waals surface area contributed by atoms with Gasteiger partial charge < -0.3 is 29.8 Å². The SMILES string of the molecule is Cc1noc(N)c1C(=O)OC(C)C(=O)NCc1ccc2c(c1)OCO2. The van der Waals surface area contributed by atoms with Gasteiger partial charge in [0.2, 0.25) is 12.7 Å². The Morgan fingerprint density at radius 3 is 2.84 bits per heavy atom. The summed E-state index contributed by atoms with van der Waals surface area (Å²) in [6, 6.07) is 5.36. The number of aromatic nitrogens is 1. The predicted molar refractivity (Wildman–Crippen MR) is 84.9 cm³/mol. The van der Waals surface area contributed by atoms with Gasteiger partial charge >= 0.3 is 5.97 Å². The quantitative estimate of drug-likeness (QED) is 0.772. The molecule has 0 bridgehead atoms. The standard InChI is InChI=1S/C16H17N3O6/c1-8-13(14(17)25-19-8)16(21)24-9(2)15(20)18-6-10-3-4-11-12(5-10)23-7-22-11/h3-5,9H,6-7,17H2,1-2H3,(H,18,20). The highest BCUT2D eigenvalue weighted by Crippen LogP contribution is 2.32. The number of nitrogens with one attached hydrogen (secondary N) is 1. The predicted octanol–water partition coefficient (Wildman–Crippen LogP) is 1.16. The largest absolute Gasteiger partial charge is 0.454 e. The van der Waals surface area contributed by atoms with E-state index in [4.69, 9.17) is 24.5 Å². The molecule has 0 saturated heterocycles. The number of anilines is 1. The second kappa shape index (κ2) is 6.71. The maximum Gasteiger partial charge on any atom is 0.346 e. The number of aryl methyl sites for hydroxylation is 1. The third kappa shape index (κ3) is 3.49. The van der Waals surface area contributed by atoms with Crippen molar-refractivity contribution in [2.24, 2.45) is 0 Å². The number of nitrogens with zero attached hydrogens (tertiary/aromatic N) is 1. The Morgan fingerprint density at radius 1 is 1.36 bits per heavy atom. The zero-order valence-corrected chi connectivity index (χ0v) is 13.7. The van der Waals surface area contributed by atoms with Crippen molar-refractivity contribution in [3.05, 3.63) is 35.0 Å². The van der Waals surface area contributed by atoms with E-state index in [1.54, 1.807) is 19.1 Å². The lowest BCUT2D eigenvalue weighted by molar-refractivity contribution is -0.129. The van der Waals surface area contributed by atoms with Crippen LogP contribution in [0.2, 0.25) is 0 Å². The van der Waals surface area contributed by atoms with Crippen LogP contribution >= 0.6 is 0 Å². The Morgan fingerprint density at radius 2 is 2.12 bits per heavy atom. The van der Waals surface area contributed by atoms with Crippen molar-refractivity contribution in [1.82, 2.24) is 10.5 Å². The van der Waals surface area contributed by atoms with Gasteiger partial charge in [0.05, 0.1) is 5.69 Å². The molecule has 9 nitrogen and oxygen atoms in total. The fraction of sp³-hybridized carbons (Fsp3) is 0.312. The molecular weight excluding hydrogens is 330 g/mol.